The summed E-state index contributed by atoms with van der Waals surface area (Å²) in [5.41, 5.74) is 8.18. The zero-order valence-corrected chi connectivity index (χ0v) is 15.1. The van der Waals surface area contributed by atoms with Crippen LogP contribution in [0.2, 0.25) is 0 Å². The lowest BCUT2D eigenvalue weighted by atomic mass is 9.74. The lowest BCUT2D eigenvalue weighted by Gasteiger charge is -2.37. The summed E-state index contributed by atoms with van der Waals surface area (Å²) in [6.45, 7) is 5.45. The monoisotopic (exact) mass is 351 g/mol. The first-order valence-corrected chi connectivity index (χ1v) is 8.42. The summed E-state index contributed by atoms with van der Waals surface area (Å²) >= 11 is 0. The molecule has 0 radical (unpaired) electrons. The minimum Gasteiger partial charge on any atom is -0.484 e. The second-order valence-corrected chi connectivity index (χ2v) is 7.48. The number of nitriles is 1. The molecule has 1 amide bonds. The molecule has 0 spiro atoms. The fraction of sp³-hybridized carbons (Fsp3) is 0.350. The van der Waals surface area contributed by atoms with Gasteiger partial charge in [0.15, 0.2) is 11.9 Å². The van der Waals surface area contributed by atoms with E-state index in [2.05, 4.69) is 11.4 Å². The van der Waals surface area contributed by atoms with Gasteiger partial charge in [-0.15, -0.1) is 0 Å². The van der Waals surface area contributed by atoms with Gasteiger partial charge in [0.2, 0.25) is 5.91 Å². The van der Waals surface area contributed by atoms with E-state index in [-0.39, 0.29) is 28.4 Å². The van der Waals surface area contributed by atoms with Gasteiger partial charge in [0, 0.05) is 25.5 Å². The van der Waals surface area contributed by atoms with E-state index in [1.54, 1.807) is 24.3 Å². The minimum absolute atomic E-state index is 0.0824. The Labute approximate surface area is 152 Å². The van der Waals surface area contributed by atoms with Crippen LogP contribution in [0.15, 0.2) is 46.9 Å². The van der Waals surface area contributed by atoms with Crippen molar-refractivity contribution in [3.8, 4) is 6.07 Å². The second-order valence-electron chi connectivity index (χ2n) is 7.48. The van der Waals surface area contributed by atoms with Crippen molar-refractivity contribution >= 4 is 17.4 Å². The lowest BCUT2D eigenvalue weighted by Crippen LogP contribution is -2.33. The lowest BCUT2D eigenvalue weighted by molar-refractivity contribution is -0.119. The van der Waals surface area contributed by atoms with E-state index in [0.29, 0.717) is 29.9 Å². The van der Waals surface area contributed by atoms with Gasteiger partial charge >= 0.3 is 0 Å². The highest BCUT2D eigenvalue weighted by Crippen LogP contribution is 2.45. The van der Waals surface area contributed by atoms with Crippen molar-refractivity contribution in [3.63, 3.8) is 0 Å². The normalized spacial score (nSPS) is 21.6. The van der Waals surface area contributed by atoms with Gasteiger partial charge in [0.1, 0.15) is 11.8 Å². The number of anilines is 1. The number of ketones is 1. The standard InChI is InChI=1S/C20H21N3O3/c1-11(24)23-13-6-4-12(5-7-13)19-14(10-21)18(22)17-15(25)8-20(2,3)9-16(17)26-19/h4-7,19H,8-9,22H2,1-3H3,(H,23,24). The maximum atomic E-state index is 12.5. The molecule has 0 aromatic heterocycles. The molecule has 1 aromatic rings. The number of allylic oxidation sites excluding steroid dienone is 2. The van der Waals surface area contributed by atoms with Crippen LogP contribution < -0.4 is 11.1 Å². The van der Waals surface area contributed by atoms with Crippen molar-refractivity contribution in [2.75, 3.05) is 5.32 Å². The van der Waals surface area contributed by atoms with Gasteiger partial charge in [-0.05, 0) is 23.1 Å². The predicted octanol–water partition coefficient (Wildman–Crippen LogP) is 3.10. The van der Waals surface area contributed by atoms with E-state index in [0.717, 1.165) is 5.56 Å². The van der Waals surface area contributed by atoms with Crippen LogP contribution in [0, 0.1) is 16.7 Å². The minimum atomic E-state index is -0.660. The molecule has 0 saturated heterocycles. The van der Waals surface area contributed by atoms with Gasteiger partial charge in [-0.3, -0.25) is 9.59 Å². The summed E-state index contributed by atoms with van der Waals surface area (Å²) in [5, 5.41) is 12.3. The van der Waals surface area contributed by atoms with Crippen molar-refractivity contribution in [1.29, 1.82) is 5.26 Å². The largest absolute Gasteiger partial charge is 0.484 e. The number of ether oxygens (including phenoxy) is 1. The average Bonchev–Trinajstić information content (AvgIpc) is 2.53. The Morgan fingerprint density at radius 2 is 1.96 bits per heavy atom. The number of carbonyl (C=O) groups is 2. The molecule has 0 bridgehead atoms. The zero-order chi connectivity index (χ0) is 19.1. The number of nitrogens with two attached hydrogens (primary N) is 1. The number of hydrogen-bond acceptors (Lipinski definition) is 5. The average molecular weight is 351 g/mol. The van der Waals surface area contributed by atoms with Crippen molar-refractivity contribution in [3.05, 3.63) is 52.4 Å². The van der Waals surface area contributed by atoms with Crippen LogP contribution in [-0.2, 0) is 14.3 Å². The number of benzene rings is 1. The Bertz CT molecular complexity index is 886. The molecule has 6 heteroatoms. The SMILES string of the molecule is CC(=O)Nc1ccc(C2OC3=C(C(=O)CC(C)(C)C3)C(N)=C2C#N)cc1. The highest BCUT2D eigenvalue weighted by molar-refractivity contribution is 6.01. The molecule has 1 aliphatic carbocycles. The summed E-state index contributed by atoms with van der Waals surface area (Å²) in [5.74, 6) is 0.311. The van der Waals surface area contributed by atoms with E-state index >= 15 is 0 Å². The fourth-order valence-electron chi connectivity index (χ4n) is 3.44. The molecule has 1 unspecified atom stereocenters. The number of carbonyl (C=O) groups excluding carboxylic acids is 2. The third-order valence-corrected chi connectivity index (χ3v) is 4.57. The van der Waals surface area contributed by atoms with Gasteiger partial charge < -0.3 is 15.8 Å². The second kappa shape index (κ2) is 6.34. The maximum Gasteiger partial charge on any atom is 0.221 e. The van der Waals surface area contributed by atoms with Crippen LogP contribution in [0.4, 0.5) is 5.69 Å². The number of hydrogen-bond donors (Lipinski definition) is 2. The van der Waals surface area contributed by atoms with Crippen molar-refractivity contribution in [1.82, 2.24) is 0 Å². The topological polar surface area (TPSA) is 105 Å². The Morgan fingerprint density at radius 1 is 1.31 bits per heavy atom. The third-order valence-electron chi connectivity index (χ3n) is 4.57. The molecule has 134 valence electrons. The summed E-state index contributed by atoms with van der Waals surface area (Å²) < 4.78 is 6.09. The summed E-state index contributed by atoms with van der Waals surface area (Å²) in [6.07, 6.45) is 0.311. The molecule has 1 aliphatic heterocycles. The Kier molecular flexibility index (Phi) is 4.33. The number of nitrogens with one attached hydrogen (secondary N) is 1. The van der Waals surface area contributed by atoms with Crippen LogP contribution in [0.1, 0.15) is 45.3 Å². The van der Waals surface area contributed by atoms with Crippen LogP contribution in [0.25, 0.3) is 0 Å². The molecule has 3 N–H and O–H groups in total. The first-order chi connectivity index (χ1) is 12.2. The Morgan fingerprint density at radius 3 is 2.54 bits per heavy atom. The van der Waals surface area contributed by atoms with Crippen LogP contribution in [-0.4, -0.2) is 11.7 Å². The first kappa shape index (κ1) is 17.7. The van der Waals surface area contributed by atoms with Gasteiger partial charge in [0.25, 0.3) is 0 Å². The van der Waals surface area contributed by atoms with E-state index in [4.69, 9.17) is 10.5 Å². The van der Waals surface area contributed by atoms with Gasteiger partial charge in [0.05, 0.1) is 16.8 Å². The smallest absolute Gasteiger partial charge is 0.221 e. The first-order valence-electron chi connectivity index (χ1n) is 8.42. The number of nitrogens with zero attached hydrogens (tertiary/aromatic N) is 1. The van der Waals surface area contributed by atoms with Crippen molar-refractivity contribution in [2.45, 2.75) is 39.7 Å². The van der Waals surface area contributed by atoms with E-state index < -0.39 is 6.10 Å². The molecule has 26 heavy (non-hydrogen) atoms. The van der Waals surface area contributed by atoms with E-state index in [9.17, 15) is 14.9 Å². The molecule has 0 fully saturated rings. The molecule has 6 nitrogen and oxygen atoms in total. The molecule has 2 aliphatic rings. The highest BCUT2D eigenvalue weighted by atomic mass is 16.5. The molecule has 1 atom stereocenters. The molecule has 0 saturated carbocycles. The summed E-state index contributed by atoms with van der Waals surface area (Å²) in [6, 6.07) is 9.14. The van der Waals surface area contributed by atoms with E-state index in [1.807, 2.05) is 13.8 Å². The molecule has 3 rings (SSSR count). The van der Waals surface area contributed by atoms with Gasteiger partial charge in [-0.2, -0.15) is 5.26 Å². The summed E-state index contributed by atoms with van der Waals surface area (Å²) in [4.78, 5) is 23.7. The van der Waals surface area contributed by atoms with Crippen LogP contribution >= 0.6 is 0 Å². The third kappa shape index (κ3) is 3.21. The quantitative estimate of drug-likeness (QED) is 0.852. The Hall–Kier alpha value is -3.07. The Balaban J connectivity index is 1.99. The maximum absolute atomic E-state index is 12.5. The van der Waals surface area contributed by atoms with Crippen LogP contribution in [0.5, 0.6) is 0 Å². The molecule has 1 aromatic carbocycles. The van der Waals surface area contributed by atoms with E-state index in [1.165, 1.54) is 6.92 Å². The molecular formula is C20H21N3O3. The number of Topliss-reactive ketones (excluding diaryl/α,β-unsaturated/α-hetero) is 1. The van der Waals surface area contributed by atoms with Gasteiger partial charge in [-0.1, -0.05) is 26.0 Å². The van der Waals surface area contributed by atoms with Crippen molar-refractivity contribution < 1.29 is 14.3 Å². The fourth-order valence-corrected chi connectivity index (χ4v) is 3.44. The zero-order valence-electron chi connectivity index (χ0n) is 15.1. The molecule has 1 heterocycles. The van der Waals surface area contributed by atoms with Crippen LogP contribution in [0.3, 0.4) is 0 Å². The number of rotatable bonds is 2. The molecular weight excluding hydrogens is 330 g/mol. The van der Waals surface area contributed by atoms with Crippen molar-refractivity contribution in [2.24, 2.45) is 11.1 Å². The highest BCUT2D eigenvalue weighted by Gasteiger charge is 2.41. The predicted molar refractivity (Wildman–Crippen MR) is 96.4 cm³/mol. The van der Waals surface area contributed by atoms with Gasteiger partial charge in [-0.25, -0.2) is 0 Å². The summed E-state index contributed by atoms with van der Waals surface area (Å²) in [7, 11) is 0. The number of amides is 1.